The van der Waals surface area contributed by atoms with Gasteiger partial charge in [0.1, 0.15) is 42.3 Å². The zero-order valence-corrected chi connectivity index (χ0v) is 58.4. The van der Waals surface area contributed by atoms with E-state index in [0.29, 0.717) is 104 Å². The smallest absolute Gasteiger partial charge is 0.410 e. The number of fused-ring (bicyclic) bond motifs is 7. The number of anilines is 2. The van der Waals surface area contributed by atoms with Gasteiger partial charge in [-0.05, 0) is 205 Å². The molecule has 3 aliphatic carbocycles. The molecule has 4 bridgehead atoms. The van der Waals surface area contributed by atoms with Crippen molar-refractivity contribution in [2.24, 2.45) is 16.2 Å². The van der Waals surface area contributed by atoms with Crippen molar-refractivity contribution in [1.29, 1.82) is 0 Å². The quantitative estimate of drug-likeness (QED) is 0.0530. The van der Waals surface area contributed by atoms with Crippen LogP contribution in [0.1, 0.15) is 175 Å². The number of carbonyl (C=O) groups is 4. The SMILES string of the molecule is COCOc1cc(-c2ncc3c(N4CC5CCC(C4)N5C(=O)OC(C)(C)C)nc(OCCC45CCC(CCN6CCC7(CC6)CCN(C(=O)c6ccc(Cl)c(N8CCC(=O)NC8=O)c6)CC7)(CC4)CC5)nc3c2F)c2c(C#C[Si](C(C)C)(C(C)C)C(C)C)c(F)ccc2c1. The van der Waals surface area contributed by atoms with E-state index in [1.165, 1.54) is 43.8 Å². The van der Waals surface area contributed by atoms with Crippen molar-refractivity contribution in [2.75, 3.05) is 82.7 Å². The Kier molecular flexibility index (Phi) is 19.2. The first-order chi connectivity index (χ1) is 44.8. The number of carbonyl (C=O) groups excluding carboxylic acids is 4. The van der Waals surface area contributed by atoms with Crippen LogP contribution in [0.2, 0.25) is 21.6 Å². The molecule has 504 valence electrons. The first-order valence-corrected chi connectivity index (χ1v) is 37.0. The van der Waals surface area contributed by atoms with Crippen LogP contribution < -0.4 is 24.6 Å². The maximum atomic E-state index is 18.3. The number of methoxy groups -OCH3 is 1. The minimum Gasteiger partial charge on any atom is -0.468 e. The molecule has 5 aliphatic heterocycles. The van der Waals surface area contributed by atoms with Crippen LogP contribution in [0.15, 0.2) is 48.7 Å². The van der Waals surface area contributed by atoms with Crippen LogP contribution in [0.5, 0.6) is 11.8 Å². The van der Waals surface area contributed by atoms with E-state index < -0.39 is 31.3 Å². The lowest BCUT2D eigenvalue weighted by molar-refractivity contribution is -0.120. The van der Waals surface area contributed by atoms with Gasteiger partial charge in [-0.2, -0.15) is 9.97 Å². The standard InChI is InChI=1S/C73H94ClF2N9O8Si/c1-46(2)94(47(3)4,48(5)6)38-18-54-58(75)16-12-49-39-53(92-45-90-10)41-55(61(49)54)63-62(76)64-56(42-77-63)65(83-43-51-13-14-52(44-83)85(51)69(89)93-70(7,8)9)80-67(79-64)91-37-30-72-22-19-71(20-23-72,21-24-72)25-32-81-33-26-73(27-34-81)28-35-82(36-29-73)66(87)50-11-15-57(74)59(40-50)84-31-17-60(86)78-68(84)88/h11-12,15-16,39-42,46-48,51-52H,13-14,17,19-37,43-45H2,1-10H3,(H,78,86,88). The summed E-state index contributed by atoms with van der Waals surface area (Å²) in [6, 6.07) is 10.8. The van der Waals surface area contributed by atoms with Crippen LogP contribution in [-0.4, -0.2) is 152 Å². The largest absolute Gasteiger partial charge is 0.468 e. The Morgan fingerprint density at radius 1 is 0.809 bits per heavy atom. The number of likely N-dealkylation sites (tertiary alicyclic amines) is 2. The fourth-order valence-electron chi connectivity index (χ4n) is 17.3. The summed E-state index contributed by atoms with van der Waals surface area (Å²) in [6.45, 7) is 24.9. The molecule has 17 nitrogen and oxygen atoms in total. The summed E-state index contributed by atoms with van der Waals surface area (Å²) in [5.41, 5.74) is 6.03. The topological polar surface area (TPSA) is 172 Å². The number of hydrogen-bond acceptors (Lipinski definition) is 13. The van der Waals surface area contributed by atoms with Gasteiger partial charge in [0.2, 0.25) is 5.91 Å². The molecule has 8 fully saturated rings. The lowest BCUT2D eigenvalue weighted by atomic mass is 9.52. The van der Waals surface area contributed by atoms with E-state index in [-0.39, 0.29) is 83.4 Å². The third kappa shape index (κ3) is 13.3. The molecule has 13 rings (SSSR count). The molecule has 7 heterocycles. The van der Waals surface area contributed by atoms with Gasteiger partial charge in [-0.25, -0.2) is 18.4 Å². The second-order valence-electron chi connectivity index (χ2n) is 30.3. The molecule has 5 aromatic rings. The molecular weight excluding hydrogens is 1230 g/mol. The van der Waals surface area contributed by atoms with Crippen molar-refractivity contribution in [3.63, 3.8) is 0 Å². The van der Waals surface area contributed by atoms with E-state index in [0.717, 1.165) is 83.8 Å². The molecule has 5 amide bonds. The minimum atomic E-state index is -2.36. The number of hydrogen-bond donors (Lipinski definition) is 1. The fraction of sp³-hybridized carbons (Fsp3) is 0.603. The molecule has 1 N–H and O–H groups in total. The van der Waals surface area contributed by atoms with Crippen molar-refractivity contribution in [2.45, 2.75) is 193 Å². The van der Waals surface area contributed by atoms with Crippen molar-refractivity contribution in [3.8, 4) is 34.5 Å². The van der Waals surface area contributed by atoms with Crippen LogP contribution in [-0.2, 0) is 14.3 Å². The number of benzene rings is 3. The normalized spacial score (nSPS) is 23.2. The van der Waals surface area contributed by atoms with E-state index in [1.54, 1.807) is 42.6 Å². The summed E-state index contributed by atoms with van der Waals surface area (Å²) in [5, 5.41) is 4.13. The second-order valence-corrected chi connectivity index (χ2v) is 36.3. The molecule has 0 radical (unpaired) electrons. The maximum Gasteiger partial charge on any atom is 0.410 e. The summed E-state index contributed by atoms with van der Waals surface area (Å²) >= 11 is 6.51. The van der Waals surface area contributed by atoms with Gasteiger partial charge in [-0.3, -0.25) is 29.7 Å². The summed E-state index contributed by atoms with van der Waals surface area (Å²) in [7, 11) is -0.828. The number of amides is 5. The van der Waals surface area contributed by atoms with Gasteiger partial charge >= 0.3 is 18.1 Å². The number of rotatable bonds is 17. The van der Waals surface area contributed by atoms with Crippen LogP contribution in [0.3, 0.4) is 0 Å². The Labute approximate surface area is 558 Å². The number of pyridine rings is 1. The number of ether oxygens (including phenoxy) is 4. The molecule has 3 aromatic carbocycles. The summed E-state index contributed by atoms with van der Waals surface area (Å²) in [6.07, 6.45) is 16.2. The molecule has 21 heteroatoms. The molecule has 94 heavy (non-hydrogen) atoms. The maximum absolute atomic E-state index is 18.3. The van der Waals surface area contributed by atoms with E-state index in [9.17, 15) is 19.2 Å². The van der Waals surface area contributed by atoms with Gasteiger partial charge in [-0.1, -0.05) is 65.1 Å². The highest BCUT2D eigenvalue weighted by molar-refractivity contribution is 6.90. The van der Waals surface area contributed by atoms with Crippen molar-refractivity contribution in [3.05, 3.63) is 76.4 Å². The third-order valence-corrected chi connectivity index (χ3v) is 29.5. The highest BCUT2D eigenvalue weighted by Crippen LogP contribution is 2.60. The fourth-order valence-corrected chi connectivity index (χ4v) is 22.8. The van der Waals surface area contributed by atoms with Gasteiger partial charge in [0.15, 0.2) is 12.6 Å². The number of piperazine rings is 1. The van der Waals surface area contributed by atoms with Crippen LogP contribution in [0.25, 0.3) is 32.9 Å². The summed E-state index contributed by atoms with van der Waals surface area (Å²) in [5.74, 6) is 2.65. The number of urea groups is 1. The van der Waals surface area contributed by atoms with Crippen LogP contribution >= 0.6 is 11.6 Å². The summed E-state index contributed by atoms with van der Waals surface area (Å²) < 4.78 is 58.8. The predicted octanol–water partition coefficient (Wildman–Crippen LogP) is 14.9. The molecule has 3 saturated carbocycles. The number of nitrogens with one attached hydrogen (secondary N) is 1. The average Bonchev–Trinajstić information content (AvgIpc) is 0.948. The van der Waals surface area contributed by atoms with E-state index in [2.05, 4.69) is 68.1 Å². The van der Waals surface area contributed by atoms with E-state index >= 15 is 8.78 Å². The number of halogens is 3. The molecule has 5 saturated heterocycles. The molecule has 2 aromatic heterocycles. The zero-order valence-electron chi connectivity index (χ0n) is 56.7. The van der Waals surface area contributed by atoms with Gasteiger partial charge in [0.05, 0.1) is 40.4 Å². The Bertz CT molecular complexity index is 3740. The minimum absolute atomic E-state index is 0.0239. The Morgan fingerprint density at radius 3 is 2.09 bits per heavy atom. The number of imide groups is 1. The van der Waals surface area contributed by atoms with Crippen molar-refractivity contribution in [1.82, 2.24) is 35.0 Å². The van der Waals surface area contributed by atoms with Crippen molar-refractivity contribution >= 4 is 76.8 Å². The van der Waals surface area contributed by atoms with Crippen molar-refractivity contribution < 1.29 is 46.9 Å². The Morgan fingerprint density at radius 2 is 1.46 bits per heavy atom. The van der Waals surface area contributed by atoms with E-state index in [4.69, 9.17) is 45.5 Å². The van der Waals surface area contributed by atoms with Gasteiger partial charge in [0, 0.05) is 69.0 Å². The van der Waals surface area contributed by atoms with Gasteiger partial charge < -0.3 is 33.6 Å². The first kappa shape index (κ1) is 67.3. The molecule has 2 unspecified atom stereocenters. The van der Waals surface area contributed by atoms with Gasteiger partial charge in [-0.15, -0.1) is 5.54 Å². The lowest BCUT2D eigenvalue weighted by Gasteiger charge is -2.54. The number of nitrogens with zero attached hydrogens (tertiary/aromatic N) is 8. The predicted molar refractivity (Wildman–Crippen MR) is 365 cm³/mol. The first-order valence-electron chi connectivity index (χ1n) is 34.4. The second kappa shape index (κ2) is 26.7. The average molecular weight is 1330 g/mol. The Hall–Kier alpha value is -6.66. The zero-order chi connectivity index (χ0) is 66.6. The van der Waals surface area contributed by atoms with E-state index in [1.807, 2.05) is 30.6 Å². The number of aromatic nitrogens is 3. The molecule has 2 atom stereocenters. The summed E-state index contributed by atoms with van der Waals surface area (Å²) in [4.78, 5) is 76.9. The lowest BCUT2D eigenvalue weighted by Crippen LogP contribution is -2.57. The van der Waals surface area contributed by atoms with Crippen LogP contribution in [0, 0.1) is 39.3 Å². The third-order valence-electron chi connectivity index (χ3n) is 22.9. The number of piperidine rings is 2. The Balaban J connectivity index is 0.738. The molecule has 8 aliphatic rings. The molecular formula is C73H94ClF2N9O8Si. The highest BCUT2D eigenvalue weighted by Gasteiger charge is 2.50. The highest BCUT2D eigenvalue weighted by atomic mass is 35.5. The van der Waals surface area contributed by atoms with Crippen LogP contribution in [0.4, 0.5) is 29.9 Å². The van der Waals surface area contributed by atoms with Gasteiger partial charge in [0.25, 0.3) is 5.91 Å². The monoisotopic (exact) mass is 1330 g/mol. The molecule has 1 spiro atoms.